The number of aliphatic hydroxyl groups is 1. The number of rotatable bonds is 11. The summed E-state index contributed by atoms with van der Waals surface area (Å²) in [6.45, 7) is 0.421. The highest BCUT2D eigenvalue weighted by Crippen LogP contribution is 2.43. The number of hydrogen-bond donors (Lipinski definition) is 1. The molecule has 0 unspecified atom stereocenters. The second-order valence-corrected chi connectivity index (χ2v) is 10.7. The van der Waals surface area contributed by atoms with Gasteiger partial charge in [-0.25, -0.2) is 18.2 Å². The maximum Gasteiger partial charge on any atom is 0.338 e. The summed E-state index contributed by atoms with van der Waals surface area (Å²) >= 11 is 0. The Morgan fingerprint density at radius 2 is 1.65 bits per heavy atom. The number of carbonyl (C=O) groups excluding carboxylic acids is 1. The number of ether oxygens (including phenoxy) is 3. The van der Waals surface area contributed by atoms with Crippen LogP contribution in [0.3, 0.4) is 0 Å². The molecule has 0 amide bonds. The molecular weight excluding hydrogens is 494 g/mol. The summed E-state index contributed by atoms with van der Waals surface area (Å²) < 4.78 is 43.2. The van der Waals surface area contributed by atoms with Gasteiger partial charge in [-0.2, -0.15) is 0 Å². The lowest BCUT2D eigenvalue weighted by Crippen LogP contribution is -2.43. The van der Waals surface area contributed by atoms with Crippen molar-refractivity contribution < 1.29 is 32.5 Å². The average molecular weight is 524 g/mol. The number of carbonyl (C=O) groups is 1. The largest absolute Gasteiger partial charge is 0.494 e. The summed E-state index contributed by atoms with van der Waals surface area (Å²) in [6.07, 6.45) is -0.505. The van der Waals surface area contributed by atoms with E-state index < -0.39 is 27.4 Å². The quantitative estimate of drug-likeness (QED) is 0.301. The van der Waals surface area contributed by atoms with Gasteiger partial charge in [0.1, 0.15) is 5.75 Å². The van der Waals surface area contributed by atoms with Crippen molar-refractivity contribution in [3.63, 3.8) is 0 Å². The van der Waals surface area contributed by atoms with E-state index in [2.05, 4.69) is 0 Å². The van der Waals surface area contributed by atoms with Crippen LogP contribution >= 0.6 is 0 Å². The molecule has 0 saturated carbocycles. The Bertz CT molecular complexity index is 1330. The molecule has 0 saturated heterocycles. The van der Waals surface area contributed by atoms with Crippen molar-refractivity contribution in [1.29, 1.82) is 0 Å². The maximum absolute atomic E-state index is 13.3. The van der Waals surface area contributed by atoms with Gasteiger partial charge in [0.25, 0.3) is 0 Å². The summed E-state index contributed by atoms with van der Waals surface area (Å²) in [5, 5.41) is 8.94. The van der Waals surface area contributed by atoms with Gasteiger partial charge in [0, 0.05) is 25.0 Å². The first kappa shape index (κ1) is 26.4. The zero-order chi connectivity index (χ0) is 26.3. The number of aliphatic hydroxyl groups excluding tert-OH is 1. The fourth-order valence-electron chi connectivity index (χ4n) is 4.18. The standard InChI is InChI=1S/C28H29NO7S/c1-34-27(31)28(17-20-37(32,33)24-11-6-3-7-12-24)25(21-9-4-2-5-10-21)36-26(29-28)22-13-15-23(16-14-22)35-19-8-18-30/h2-7,9-16,25,30H,8,17-20H2,1H3/t25-,28-/m1/s1. The van der Waals surface area contributed by atoms with E-state index in [0.717, 1.165) is 0 Å². The van der Waals surface area contributed by atoms with E-state index in [9.17, 15) is 13.2 Å². The van der Waals surface area contributed by atoms with Gasteiger partial charge in [0.15, 0.2) is 15.9 Å². The van der Waals surface area contributed by atoms with E-state index in [-0.39, 0.29) is 29.6 Å². The van der Waals surface area contributed by atoms with Gasteiger partial charge in [0.2, 0.25) is 11.4 Å². The van der Waals surface area contributed by atoms with Crippen LogP contribution in [0.5, 0.6) is 5.75 Å². The van der Waals surface area contributed by atoms with E-state index in [1.54, 1.807) is 42.5 Å². The second-order valence-electron chi connectivity index (χ2n) is 8.57. The number of aliphatic imine (C=N–C) groups is 1. The number of nitrogens with zero attached hydrogens (tertiary/aromatic N) is 1. The molecule has 0 aliphatic carbocycles. The minimum absolute atomic E-state index is 0.0409. The lowest BCUT2D eigenvalue weighted by Gasteiger charge is -2.29. The lowest BCUT2D eigenvalue weighted by molar-refractivity contribution is -0.150. The smallest absolute Gasteiger partial charge is 0.338 e. The SMILES string of the molecule is COC(=O)[C@]1(CCS(=O)(=O)c2ccccc2)N=C(c2ccc(OCCCO)cc2)O[C@@H]1c1ccccc1. The molecular formula is C28H29NO7S. The van der Waals surface area contributed by atoms with Crippen LogP contribution in [-0.2, 0) is 24.1 Å². The van der Waals surface area contributed by atoms with Gasteiger partial charge in [-0.15, -0.1) is 0 Å². The zero-order valence-electron chi connectivity index (χ0n) is 20.4. The molecule has 0 fully saturated rings. The van der Waals surface area contributed by atoms with E-state index in [1.807, 2.05) is 30.3 Å². The van der Waals surface area contributed by atoms with Crippen LogP contribution in [0.4, 0.5) is 0 Å². The average Bonchev–Trinajstić information content (AvgIpc) is 3.34. The highest BCUT2D eigenvalue weighted by Gasteiger charge is 2.54. The van der Waals surface area contributed by atoms with Crippen molar-refractivity contribution >= 4 is 21.7 Å². The lowest BCUT2D eigenvalue weighted by atomic mass is 9.86. The van der Waals surface area contributed by atoms with Crippen LogP contribution in [-0.4, -0.2) is 57.0 Å². The highest BCUT2D eigenvalue weighted by molar-refractivity contribution is 7.91. The van der Waals surface area contributed by atoms with Crippen molar-refractivity contribution in [2.75, 3.05) is 26.1 Å². The number of sulfone groups is 1. The van der Waals surface area contributed by atoms with Crippen LogP contribution in [0.25, 0.3) is 0 Å². The Morgan fingerprint density at radius 3 is 2.27 bits per heavy atom. The van der Waals surface area contributed by atoms with E-state index in [0.29, 0.717) is 29.9 Å². The third-order valence-electron chi connectivity index (χ3n) is 6.13. The molecule has 0 radical (unpaired) electrons. The van der Waals surface area contributed by atoms with Crippen molar-refractivity contribution in [2.45, 2.75) is 29.4 Å². The molecule has 1 aliphatic rings. The fraction of sp³-hybridized carbons (Fsp3) is 0.286. The van der Waals surface area contributed by atoms with E-state index in [1.165, 1.54) is 19.2 Å². The predicted octanol–water partition coefficient (Wildman–Crippen LogP) is 3.74. The Balaban J connectivity index is 1.70. The van der Waals surface area contributed by atoms with Gasteiger partial charge in [-0.3, -0.25) is 0 Å². The first-order valence-electron chi connectivity index (χ1n) is 11.9. The van der Waals surface area contributed by atoms with Crippen LogP contribution in [0.1, 0.15) is 30.1 Å². The van der Waals surface area contributed by atoms with E-state index in [4.69, 9.17) is 24.3 Å². The molecule has 3 aromatic rings. The number of methoxy groups -OCH3 is 1. The highest BCUT2D eigenvalue weighted by atomic mass is 32.2. The monoisotopic (exact) mass is 523 g/mol. The predicted molar refractivity (Wildman–Crippen MR) is 138 cm³/mol. The van der Waals surface area contributed by atoms with E-state index >= 15 is 0 Å². The molecule has 1 heterocycles. The molecule has 9 heteroatoms. The minimum Gasteiger partial charge on any atom is -0.494 e. The van der Waals surface area contributed by atoms with Gasteiger partial charge in [-0.05, 0) is 42.0 Å². The number of benzene rings is 3. The molecule has 194 valence electrons. The zero-order valence-corrected chi connectivity index (χ0v) is 21.3. The number of esters is 1. The summed E-state index contributed by atoms with van der Waals surface area (Å²) in [7, 11) is -2.45. The molecule has 4 rings (SSSR count). The van der Waals surface area contributed by atoms with Crippen molar-refractivity contribution in [1.82, 2.24) is 0 Å². The second kappa shape index (κ2) is 11.6. The number of hydrogen-bond acceptors (Lipinski definition) is 8. The van der Waals surface area contributed by atoms with Crippen molar-refractivity contribution in [3.8, 4) is 5.75 Å². The molecule has 2 atom stereocenters. The fourth-order valence-corrected chi connectivity index (χ4v) is 5.57. The Morgan fingerprint density at radius 1 is 1.00 bits per heavy atom. The normalized spacial score (nSPS) is 19.1. The van der Waals surface area contributed by atoms with Crippen molar-refractivity contribution in [2.24, 2.45) is 4.99 Å². The third kappa shape index (κ3) is 5.84. The van der Waals surface area contributed by atoms with Gasteiger partial charge in [-0.1, -0.05) is 48.5 Å². The van der Waals surface area contributed by atoms with Gasteiger partial charge in [0.05, 0.1) is 24.4 Å². The van der Waals surface area contributed by atoms with Crippen LogP contribution < -0.4 is 4.74 Å². The Hall–Kier alpha value is -3.69. The van der Waals surface area contributed by atoms with Crippen LogP contribution in [0, 0.1) is 0 Å². The summed E-state index contributed by atoms with van der Waals surface area (Å²) in [5.41, 5.74) is -0.330. The van der Waals surface area contributed by atoms with Gasteiger partial charge >= 0.3 is 5.97 Å². The summed E-state index contributed by atoms with van der Waals surface area (Å²) in [4.78, 5) is 18.2. The Kier molecular flexibility index (Phi) is 8.25. The molecule has 0 aromatic heterocycles. The Labute approximate surface area is 216 Å². The molecule has 8 nitrogen and oxygen atoms in total. The minimum atomic E-state index is -3.70. The molecule has 3 aromatic carbocycles. The topological polar surface area (TPSA) is 111 Å². The molecule has 1 N–H and O–H groups in total. The first-order valence-corrected chi connectivity index (χ1v) is 13.6. The molecule has 0 spiro atoms. The summed E-state index contributed by atoms with van der Waals surface area (Å²) in [5.74, 6) is -0.182. The molecule has 1 aliphatic heterocycles. The molecule has 37 heavy (non-hydrogen) atoms. The summed E-state index contributed by atoms with van der Waals surface area (Å²) in [6, 6.07) is 24.2. The van der Waals surface area contributed by atoms with Crippen LogP contribution in [0.15, 0.2) is 94.8 Å². The first-order chi connectivity index (χ1) is 17.9. The van der Waals surface area contributed by atoms with Gasteiger partial charge < -0.3 is 19.3 Å². The third-order valence-corrected chi connectivity index (χ3v) is 7.86. The molecule has 0 bridgehead atoms. The van der Waals surface area contributed by atoms with Crippen molar-refractivity contribution in [3.05, 3.63) is 96.1 Å². The maximum atomic E-state index is 13.3. The van der Waals surface area contributed by atoms with Crippen LogP contribution in [0.2, 0.25) is 0 Å².